The molecule has 1 atom stereocenters. The number of carbonyl (C=O) groups is 1. The van der Waals surface area contributed by atoms with Crippen LogP contribution in [0.15, 0.2) is 91.5 Å². The van der Waals surface area contributed by atoms with Crippen LogP contribution in [-0.4, -0.2) is 12.3 Å². The molecule has 3 heteroatoms. The van der Waals surface area contributed by atoms with Gasteiger partial charge in [-0.1, -0.05) is 84.9 Å². The molecule has 0 heterocycles. The van der Waals surface area contributed by atoms with E-state index in [2.05, 4.69) is 43.1 Å². The predicted octanol–water partition coefficient (Wildman–Crippen LogP) is 6.23. The molecule has 0 spiro atoms. The van der Waals surface area contributed by atoms with E-state index in [0.29, 0.717) is 17.2 Å². The molecule has 0 aliphatic rings. The molecule has 1 N–H and O–H groups in total. The Kier molecular flexibility index (Phi) is 8.19. The van der Waals surface area contributed by atoms with Crippen LogP contribution in [0, 0.1) is 0 Å². The summed E-state index contributed by atoms with van der Waals surface area (Å²) in [6.45, 7) is 6.85. The summed E-state index contributed by atoms with van der Waals surface area (Å²) in [6, 6.07) is 26.1. The Morgan fingerprint density at radius 2 is 1.43 bits per heavy atom. The third-order valence-corrected chi connectivity index (χ3v) is 4.73. The molecule has 0 aliphatic heterocycles. The molecule has 0 bridgehead atoms. The topological polar surface area (TPSA) is 29.1 Å². The number of ketones is 1. The highest BCUT2D eigenvalue weighted by Crippen LogP contribution is 2.23. The van der Waals surface area contributed by atoms with Crippen molar-refractivity contribution in [3.8, 4) is 11.1 Å². The van der Waals surface area contributed by atoms with Crippen molar-refractivity contribution in [2.75, 3.05) is 6.54 Å². The minimum Gasteiger partial charge on any atom is -0.310 e. The van der Waals surface area contributed by atoms with Gasteiger partial charge in [0.2, 0.25) is 0 Å². The fraction of sp³-hybridized carbons (Fsp3) is 0.160. The summed E-state index contributed by atoms with van der Waals surface area (Å²) in [5, 5.41) is 3.49. The summed E-state index contributed by atoms with van der Waals surface area (Å²) in [5.74, 6) is 0.0527. The Morgan fingerprint density at radius 1 is 0.893 bits per heavy atom. The number of halogens is 1. The maximum absolute atomic E-state index is 12.5. The zero-order valence-corrected chi connectivity index (χ0v) is 16.9. The van der Waals surface area contributed by atoms with Gasteiger partial charge in [-0.15, -0.1) is 19.0 Å². The fourth-order valence-corrected chi connectivity index (χ4v) is 3.05. The van der Waals surface area contributed by atoms with Gasteiger partial charge in [-0.3, -0.25) is 4.79 Å². The Hall–Kier alpha value is -2.68. The van der Waals surface area contributed by atoms with E-state index < -0.39 is 0 Å². The van der Waals surface area contributed by atoms with Crippen LogP contribution >= 0.6 is 12.4 Å². The van der Waals surface area contributed by atoms with Crippen LogP contribution in [0.3, 0.4) is 0 Å². The molecule has 144 valence electrons. The number of carbonyl (C=O) groups excluding carboxylic acids is 1. The first-order valence-corrected chi connectivity index (χ1v) is 9.33. The first kappa shape index (κ1) is 21.6. The van der Waals surface area contributed by atoms with Gasteiger partial charge in [-0.05, 0) is 36.6 Å². The van der Waals surface area contributed by atoms with E-state index in [0.717, 1.165) is 24.1 Å². The Balaban J connectivity index is 0.00000280. The zero-order valence-electron chi connectivity index (χ0n) is 16.1. The van der Waals surface area contributed by atoms with Crippen molar-refractivity contribution >= 4 is 18.2 Å². The number of rotatable bonds is 8. The average Bonchev–Trinajstić information content (AvgIpc) is 2.74. The van der Waals surface area contributed by atoms with Gasteiger partial charge < -0.3 is 5.32 Å². The lowest BCUT2D eigenvalue weighted by Crippen LogP contribution is -2.19. The van der Waals surface area contributed by atoms with E-state index >= 15 is 0 Å². The molecular weight excluding hydrogens is 366 g/mol. The molecule has 0 radical (unpaired) electrons. The van der Waals surface area contributed by atoms with Crippen LogP contribution in [-0.2, 0) is 0 Å². The molecule has 0 aromatic heterocycles. The number of hydrogen-bond acceptors (Lipinski definition) is 2. The Morgan fingerprint density at radius 3 is 2.00 bits per heavy atom. The first-order valence-electron chi connectivity index (χ1n) is 9.33. The van der Waals surface area contributed by atoms with Crippen molar-refractivity contribution < 1.29 is 4.79 Å². The highest BCUT2D eigenvalue weighted by molar-refractivity contribution is 6.09. The van der Waals surface area contributed by atoms with E-state index in [1.165, 1.54) is 5.56 Å². The molecule has 0 saturated heterocycles. The standard InChI is InChI=1S/C25H25NO.ClH/c1-3-4-18-26-19(2)20-10-12-21(13-11-20)22-14-16-24(17-15-22)25(27)23-8-6-5-7-9-23;/h3,5-17,19,26H,1,4,18H2,2H3;1H. The molecule has 0 aliphatic carbocycles. The van der Waals surface area contributed by atoms with Crippen molar-refractivity contribution in [3.63, 3.8) is 0 Å². The summed E-state index contributed by atoms with van der Waals surface area (Å²) in [4.78, 5) is 12.5. The molecule has 1 unspecified atom stereocenters. The molecule has 28 heavy (non-hydrogen) atoms. The summed E-state index contributed by atoms with van der Waals surface area (Å²) in [7, 11) is 0. The predicted molar refractivity (Wildman–Crippen MR) is 120 cm³/mol. The van der Waals surface area contributed by atoms with Gasteiger partial charge in [-0.25, -0.2) is 0 Å². The molecule has 3 rings (SSSR count). The van der Waals surface area contributed by atoms with Crippen LogP contribution in [0.2, 0.25) is 0 Å². The molecule has 3 aromatic carbocycles. The van der Waals surface area contributed by atoms with Crippen LogP contribution in [0.5, 0.6) is 0 Å². The number of nitrogens with one attached hydrogen (secondary N) is 1. The van der Waals surface area contributed by atoms with E-state index in [-0.39, 0.29) is 18.2 Å². The first-order chi connectivity index (χ1) is 13.2. The van der Waals surface area contributed by atoms with Gasteiger partial charge in [0, 0.05) is 17.2 Å². The largest absolute Gasteiger partial charge is 0.310 e. The minimum absolute atomic E-state index is 0. The van der Waals surface area contributed by atoms with Gasteiger partial charge in [0.1, 0.15) is 0 Å². The molecule has 0 saturated carbocycles. The van der Waals surface area contributed by atoms with Crippen molar-refractivity contribution in [2.45, 2.75) is 19.4 Å². The van der Waals surface area contributed by atoms with Crippen LogP contribution < -0.4 is 5.32 Å². The number of benzene rings is 3. The van der Waals surface area contributed by atoms with E-state index in [4.69, 9.17) is 0 Å². The minimum atomic E-state index is 0. The van der Waals surface area contributed by atoms with Gasteiger partial charge in [0.05, 0.1) is 0 Å². The lowest BCUT2D eigenvalue weighted by Gasteiger charge is -2.14. The summed E-state index contributed by atoms with van der Waals surface area (Å²) in [6.07, 6.45) is 2.89. The van der Waals surface area contributed by atoms with Crippen LogP contribution in [0.4, 0.5) is 0 Å². The van der Waals surface area contributed by atoms with Gasteiger partial charge in [0.25, 0.3) is 0 Å². The lowest BCUT2D eigenvalue weighted by molar-refractivity contribution is 0.103. The molecule has 0 amide bonds. The molecule has 2 nitrogen and oxygen atoms in total. The zero-order chi connectivity index (χ0) is 19.1. The second-order valence-electron chi connectivity index (χ2n) is 6.65. The van der Waals surface area contributed by atoms with Crippen molar-refractivity contribution in [2.24, 2.45) is 0 Å². The third kappa shape index (κ3) is 5.41. The number of hydrogen-bond donors (Lipinski definition) is 1. The monoisotopic (exact) mass is 391 g/mol. The fourth-order valence-electron chi connectivity index (χ4n) is 3.05. The van der Waals surface area contributed by atoms with Crippen molar-refractivity contribution in [3.05, 3.63) is 108 Å². The average molecular weight is 392 g/mol. The van der Waals surface area contributed by atoms with Crippen molar-refractivity contribution in [1.82, 2.24) is 5.32 Å². The highest BCUT2D eigenvalue weighted by Gasteiger charge is 2.09. The summed E-state index contributed by atoms with van der Waals surface area (Å²) in [5.41, 5.74) is 4.95. The Labute approximate surface area is 173 Å². The van der Waals surface area contributed by atoms with Crippen LogP contribution in [0.25, 0.3) is 11.1 Å². The highest BCUT2D eigenvalue weighted by atomic mass is 35.5. The third-order valence-electron chi connectivity index (χ3n) is 4.73. The normalized spacial score (nSPS) is 11.3. The van der Waals surface area contributed by atoms with E-state index in [1.54, 1.807) is 0 Å². The van der Waals surface area contributed by atoms with E-state index in [9.17, 15) is 4.79 Å². The van der Waals surface area contributed by atoms with Gasteiger partial charge >= 0.3 is 0 Å². The lowest BCUT2D eigenvalue weighted by atomic mass is 9.98. The van der Waals surface area contributed by atoms with E-state index in [1.807, 2.05) is 60.7 Å². The maximum Gasteiger partial charge on any atom is 0.193 e. The van der Waals surface area contributed by atoms with Crippen LogP contribution in [0.1, 0.15) is 40.9 Å². The second kappa shape index (κ2) is 10.6. The summed E-state index contributed by atoms with van der Waals surface area (Å²) < 4.78 is 0. The molecule has 3 aromatic rings. The summed E-state index contributed by atoms with van der Waals surface area (Å²) >= 11 is 0. The Bertz CT molecular complexity index is 886. The molecular formula is C25H26ClNO. The van der Waals surface area contributed by atoms with Gasteiger partial charge in [-0.2, -0.15) is 0 Å². The second-order valence-corrected chi connectivity index (χ2v) is 6.65. The quantitative estimate of drug-likeness (QED) is 0.280. The smallest absolute Gasteiger partial charge is 0.193 e. The SMILES string of the molecule is C=CCCNC(C)c1ccc(-c2ccc(C(=O)c3ccccc3)cc2)cc1.Cl. The maximum atomic E-state index is 12.5. The van der Waals surface area contributed by atoms with Gasteiger partial charge in [0.15, 0.2) is 5.78 Å². The van der Waals surface area contributed by atoms with Crippen molar-refractivity contribution in [1.29, 1.82) is 0 Å². The molecule has 0 fully saturated rings.